The Bertz CT molecular complexity index is 370. The van der Waals surface area contributed by atoms with Crippen molar-refractivity contribution < 1.29 is 0 Å². The van der Waals surface area contributed by atoms with Gasteiger partial charge in [0.1, 0.15) is 0 Å². The van der Waals surface area contributed by atoms with Crippen LogP contribution in [0.4, 0.5) is 0 Å². The summed E-state index contributed by atoms with van der Waals surface area (Å²) in [5.74, 6) is 2.32. The molecule has 0 bridgehead atoms. The molecule has 3 unspecified atom stereocenters. The number of hydrogen-bond acceptors (Lipinski definition) is 2. The number of aromatic nitrogens is 2. The molecule has 19 heavy (non-hydrogen) atoms. The number of hydrogen-bond donors (Lipinski definition) is 1. The highest BCUT2D eigenvalue weighted by molar-refractivity contribution is 5.10. The summed E-state index contributed by atoms with van der Waals surface area (Å²) in [6.07, 6.45) is 8.71. The van der Waals surface area contributed by atoms with Crippen LogP contribution in [0.5, 0.6) is 0 Å². The lowest BCUT2D eigenvalue weighted by Crippen LogP contribution is -2.32. The van der Waals surface area contributed by atoms with Crippen LogP contribution in [0.3, 0.4) is 0 Å². The Morgan fingerprint density at radius 2 is 2.21 bits per heavy atom. The van der Waals surface area contributed by atoms with E-state index >= 15 is 0 Å². The molecule has 1 aliphatic carbocycles. The van der Waals surface area contributed by atoms with Crippen molar-refractivity contribution in [3.8, 4) is 0 Å². The van der Waals surface area contributed by atoms with Crippen LogP contribution < -0.4 is 5.32 Å². The third kappa shape index (κ3) is 3.82. The fourth-order valence-corrected chi connectivity index (χ4v) is 3.39. The zero-order valence-electron chi connectivity index (χ0n) is 12.7. The van der Waals surface area contributed by atoms with Crippen LogP contribution in [0.2, 0.25) is 0 Å². The largest absolute Gasteiger partial charge is 0.316 e. The first-order chi connectivity index (χ1) is 9.24. The maximum atomic E-state index is 4.67. The topological polar surface area (TPSA) is 29.9 Å². The van der Waals surface area contributed by atoms with Crippen LogP contribution in [-0.4, -0.2) is 22.9 Å². The van der Waals surface area contributed by atoms with Crippen LogP contribution >= 0.6 is 0 Å². The summed E-state index contributed by atoms with van der Waals surface area (Å²) in [5.41, 5.74) is 1.31. The number of nitrogens with zero attached hydrogens (tertiary/aromatic N) is 2. The van der Waals surface area contributed by atoms with Crippen molar-refractivity contribution in [2.75, 3.05) is 13.1 Å². The Hall–Kier alpha value is -0.830. The first-order valence-electron chi connectivity index (χ1n) is 7.94. The molecule has 0 aliphatic heterocycles. The Labute approximate surface area is 117 Å². The van der Waals surface area contributed by atoms with Gasteiger partial charge in [0.05, 0.1) is 5.69 Å². The van der Waals surface area contributed by atoms with Crippen molar-refractivity contribution in [3.63, 3.8) is 0 Å². The molecular weight excluding hydrogens is 234 g/mol. The van der Waals surface area contributed by atoms with Crippen molar-refractivity contribution >= 4 is 0 Å². The summed E-state index contributed by atoms with van der Waals surface area (Å²) in [6.45, 7) is 6.86. The van der Waals surface area contributed by atoms with E-state index < -0.39 is 0 Å². The molecule has 2 rings (SSSR count). The second-order valence-corrected chi connectivity index (χ2v) is 6.07. The minimum atomic E-state index is 0.657. The Morgan fingerprint density at radius 3 is 2.84 bits per heavy atom. The van der Waals surface area contributed by atoms with Crippen molar-refractivity contribution in [1.29, 1.82) is 0 Å². The van der Waals surface area contributed by atoms with Crippen molar-refractivity contribution in [3.05, 3.63) is 18.0 Å². The highest BCUT2D eigenvalue weighted by Crippen LogP contribution is 2.40. The predicted octanol–water partition coefficient (Wildman–Crippen LogP) is 3.33. The predicted molar refractivity (Wildman–Crippen MR) is 80.2 cm³/mol. The van der Waals surface area contributed by atoms with Gasteiger partial charge < -0.3 is 5.32 Å². The third-order valence-electron chi connectivity index (χ3n) is 4.63. The second-order valence-electron chi connectivity index (χ2n) is 6.07. The SMILES string of the molecule is CCCNCC1CCC(CC)CC1c1ccn(C)n1. The minimum Gasteiger partial charge on any atom is -0.316 e. The summed E-state index contributed by atoms with van der Waals surface area (Å²) < 4.78 is 1.95. The molecule has 0 aromatic carbocycles. The molecule has 1 N–H and O–H groups in total. The normalized spacial score (nSPS) is 27.6. The molecule has 1 aromatic rings. The standard InChI is InChI=1S/C16H29N3/c1-4-9-17-12-14-7-6-13(5-2)11-15(14)16-8-10-19(3)18-16/h8,10,13-15,17H,4-7,9,11-12H2,1-3H3. The van der Waals surface area contributed by atoms with Crippen LogP contribution in [-0.2, 0) is 7.05 Å². The van der Waals surface area contributed by atoms with E-state index in [-0.39, 0.29) is 0 Å². The van der Waals surface area contributed by atoms with Gasteiger partial charge in [0, 0.05) is 19.2 Å². The number of aryl methyl sites for hydroxylation is 1. The van der Waals surface area contributed by atoms with Gasteiger partial charge in [0.15, 0.2) is 0 Å². The van der Waals surface area contributed by atoms with Crippen molar-refractivity contribution in [2.45, 2.75) is 51.9 Å². The van der Waals surface area contributed by atoms with Gasteiger partial charge in [-0.1, -0.05) is 26.7 Å². The van der Waals surface area contributed by atoms with E-state index in [4.69, 9.17) is 0 Å². The fourth-order valence-electron chi connectivity index (χ4n) is 3.39. The molecule has 3 heteroatoms. The molecule has 0 amide bonds. The lowest BCUT2D eigenvalue weighted by molar-refractivity contribution is 0.222. The van der Waals surface area contributed by atoms with Crippen molar-refractivity contribution in [2.24, 2.45) is 18.9 Å². The van der Waals surface area contributed by atoms with Gasteiger partial charge in [-0.3, -0.25) is 4.68 Å². The molecule has 0 spiro atoms. The second kappa shape index (κ2) is 7.09. The monoisotopic (exact) mass is 263 g/mol. The summed E-state index contributed by atoms with van der Waals surface area (Å²) >= 11 is 0. The van der Waals surface area contributed by atoms with Crippen LogP contribution in [0.25, 0.3) is 0 Å². The maximum Gasteiger partial charge on any atom is 0.0658 e. The first-order valence-corrected chi connectivity index (χ1v) is 7.94. The van der Waals surface area contributed by atoms with E-state index in [1.165, 1.54) is 37.8 Å². The Balaban J connectivity index is 2.03. The van der Waals surface area contributed by atoms with E-state index in [0.717, 1.165) is 24.9 Å². The fraction of sp³-hybridized carbons (Fsp3) is 0.812. The lowest BCUT2D eigenvalue weighted by atomic mass is 9.72. The molecule has 0 radical (unpaired) electrons. The molecule has 1 aromatic heterocycles. The molecule has 3 nitrogen and oxygen atoms in total. The summed E-state index contributed by atoms with van der Waals surface area (Å²) in [5, 5.41) is 8.28. The van der Waals surface area contributed by atoms with Crippen LogP contribution in [0.15, 0.2) is 12.3 Å². The summed E-state index contributed by atoms with van der Waals surface area (Å²) in [7, 11) is 2.02. The minimum absolute atomic E-state index is 0.657. The van der Waals surface area contributed by atoms with Gasteiger partial charge >= 0.3 is 0 Å². The third-order valence-corrected chi connectivity index (χ3v) is 4.63. The number of nitrogens with one attached hydrogen (secondary N) is 1. The van der Waals surface area contributed by atoms with E-state index in [9.17, 15) is 0 Å². The molecule has 108 valence electrons. The average Bonchev–Trinajstić information content (AvgIpc) is 2.86. The van der Waals surface area contributed by atoms with Gasteiger partial charge in [0.2, 0.25) is 0 Å². The smallest absolute Gasteiger partial charge is 0.0658 e. The summed E-state index contributed by atoms with van der Waals surface area (Å²) in [6, 6.07) is 2.22. The van der Waals surface area contributed by atoms with Gasteiger partial charge in [-0.2, -0.15) is 5.10 Å². The first kappa shape index (κ1) is 14.6. The van der Waals surface area contributed by atoms with Crippen LogP contribution in [0, 0.1) is 11.8 Å². The van der Waals surface area contributed by atoms with Crippen molar-refractivity contribution in [1.82, 2.24) is 15.1 Å². The zero-order valence-corrected chi connectivity index (χ0v) is 12.7. The van der Waals surface area contributed by atoms with Gasteiger partial charge in [-0.25, -0.2) is 0 Å². The summed E-state index contributed by atoms with van der Waals surface area (Å²) in [4.78, 5) is 0. The Kier molecular flexibility index (Phi) is 5.44. The quantitative estimate of drug-likeness (QED) is 0.798. The van der Waals surface area contributed by atoms with E-state index in [0.29, 0.717) is 5.92 Å². The number of rotatable bonds is 6. The van der Waals surface area contributed by atoms with Gasteiger partial charge in [-0.05, 0) is 50.3 Å². The lowest BCUT2D eigenvalue weighted by Gasteiger charge is -2.35. The molecule has 3 atom stereocenters. The van der Waals surface area contributed by atoms with E-state index in [2.05, 4.69) is 36.5 Å². The molecule has 1 saturated carbocycles. The van der Waals surface area contributed by atoms with Gasteiger partial charge in [-0.15, -0.1) is 0 Å². The van der Waals surface area contributed by atoms with E-state index in [1.54, 1.807) is 0 Å². The molecule has 1 heterocycles. The Morgan fingerprint density at radius 1 is 1.37 bits per heavy atom. The van der Waals surface area contributed by atoms with Gasteiger partial charge in [0.25, 0.3) is 0 Å². The van der Waals surface area contributed by atoms with Crippen LogP contribution in [0.1, 0.15) is 57.6 Å². The van der Waals surface area contributed by atoms with E-state index in [1.807, 2.05) is 11.7 Å². The molecular formula is C16H29N3. The average molecular weight is 263 g/mol. The highest BCUT2D eigenvalue weighted by Gasteiger charge is 2.31. The molecule has 1 fully saturated rings. The zero-order chi connectivity index (χ0) is 13.7. The molecule has 1 aliphatic rings. The highest BCUT2D eigenvalue weighted by atomic mass is 15.2. The molecule has 0 saturated heterocycles. The maximum absolute atomic E-state index is 4.67.